The van der Waals surface area contributed by atoms with E-state index >= 15 is 0 Å². The second kappa shape index (κ2) is 8.48. The van der Waals surface area contributed by atoms with Gasteiger partial charge in [0.2, 0.25) is 5.91 Å². The summed E-state index contributed by atoms with van der Waals surface area (Å²) in [5.41, 5.74) is 0. The minimum absolute atomic E-state index is 0.0474. The highest BCUT2D eigenvalue weighted by Gasteiger charge is 2.26. The molecule has 1 amide bonds. The number of nitrogens with one attached hydrogen (secondary N) is 1. The summed E-state index contributed by atoms with van der Waals surface area (Å²) >= 11 is 0. The number of rotatable bonds is 6. The largest absolute Gasteiger partial charge is 0.401 e. The average molecular weight is 347 g/mol. The fourth-order valence-corrected chi connectivity index (χ4v) is 2.71. The number of alkyl halides is 3. The number of imidazole rings is 1. The van der Waals surface area contributed by atoms with Crippen LogP contribution in [0.5, 0.6) is 0 Å². The summed E-state index contributed by atoms with van der Waals surface area (Å²) in [6.45, 7) is 2.59. The number of hydrogen-bond acceptors (Lipinski definition) is 4. The van der Waals surface area contributed by atoms with E-state index in [0.717, 1.165) is 31.9 Å². The van der Waals surface area contributed by atoms with Gasteiger partial charge in [0.1, 0.15) is 5.82 Å². The molecule has 1 aromatic heterocycles. The van der Waals surface area contributed by atoms with Crippen molar-refractivity contribution in [1.29, 1.82) is 0 Å². The maximum atomic E-state index is 12.1. The molecule has 2 rings (SSSR count). The Balaban J connectivity index is 1.72. The van der Waals surface area contributed by atoms with Crippen LogP contribution in [0, 0.1) is 0 Å². The zero-order chi connectivity index (χ0) is 17.6. The minimum atomic E-state index is -4.24. The maximum Gasteiger partial charge on any atom is 0.401 e. The Bertz CT molecular complexity index is 531. The van der Waals surface area contributed by atoms with Crippen LogP contribution in [0.15, 0.2) is 12.4 Å². The summed E-state index contributed by atoms with van der Waals surface area (Å²) in [4.78, 5) is 20.4. The van der Waals surface area contributed by atoms with E-state index in [1.807, 2.05) is 17.8 Å². The number of carbonyl (C=O) groups is 1. The van der Waals surface area contributed by atoms with Crippen LogP contribution in [0.4, 0.5) is 13.2 Å². The van der Waals surface area contributed by atoms with Crippen LogP contribution >= 0.6 is 0 Å². The predicted molar refractivity (Wildman–Crippen MR) is 83.2 cm³/mol. The molecule has 1 aromatic rings. The summed E-state index contributed by atoms with van der Waals surface area (Å²) in [6.07, 6.45) is 0.368. The predicted octanol–water partition coefficient (Wildman–Crippen LogP) is 0.996. The monoisotopic (exact) mass is 347 g/mol. The fraction of sp³-hybridized carbons (Fsp3) is 0.733. The first-order valence-corrected chi connectivity index (χ1v) is 8.09. The molecule has 0 aliphatic carbocycles. The Kier molecular flexibility index (Phi) is 6.61. The normalized spacial score (nSPS) is 17.1. The molecule has 1 aliphatic heterocycles. The Labute approximate surface area is 139 Å². The van der Waals surface area contributed by atoms with E-state index in [-0.39, 0.29) is 18.9 Å². The summed E-state index contributed by atoms with van der Waals surface area (Å²) in [7, 11) is 1.95. The maximum absolute atomic E-state index is 12.1. The summed E-state index contributed by atoms with van der Waals surface area (Å²) in [5.74, 6) is 0.884. The van der Waals surface area contributed by atoms with Crippen LogP contribution in [0.3, 0.4) is 0 Å². The smallest absolute Gasteiger partial charge is 0.341 e. The lowest BCUT2D eigenvalue weighted by molar-refractivity contribution is -0.133. The van der Waals surface area contributed by atoms with Gasteiger partial charge in [-0.15, -0.1) is 0 Å². The lowest BCUT2D eigenvalue weighted by atomic mass is 10.3. The van der Waals surface area contributed by atoms with E-state index in [0.29, 0.717) is 13.1 Å². The zero-order valence-electron chi connectivity index (χ0n) is 13.8. The van der Waals surface area contributed by atoms with Gasteiger partial charge in [0, 0.05) is 58.6 Å². The molecule has 136 valence electrons. The van der Waals surface area contributed by atoms with Crippen LogP contribution in [-0.4, -0.2) is 70.7 Å². The van der Waals surface area contributed by atoms with Crippen molar-refractivity contribution < 1.29 is 18.0 Å². The van der Waals surface area contributed by atoms with Crippen molar-refractivity contribution in [1.82, 2.24) is 24.7 Å². The number of aromatic nitrogens is 2. The van der Waals surface area contributed by atoms with Crippen molar-refractivity contribution in [2.75, 3.05) is 39.3 Å². The van der Waals surface area contributed by atoms with Gasteiger partial charge in [0.15, 0.2) is 0 Å². The first-order chi connectivity index (χ1) is 11.3. The third-order valence-corrected chi connectivity index (χ3v) is 4.07. The van der Waals surface area contributed by atoms with E-state index in [2.05, 4.69) is 15.2 Å². The molecule has 1 fully saturated rings. The highest BCUT2D eigenvalue weighted by atomic mass is 19.4. The van der Waals surface area contributed by atoms with Crippen molar-refractivity contribution >= 4 is 5.91 Å². The molecule has 24 heavy (non-hydrogen) atoms. The fourth-order valence-electron chi connectivity index (χ4n) is 2.71. The van der Waals surface area contributed by atoms with Crippen molar-refractivity contribution in [2.24, 2.45) is 7.05 Å². The van der Waals surface area contributed by atoms with Gasteiger partial charge in [-0.1, -0.05) is 0 Å². The Morgan fingerprint density at radius 1 is 1.29 bits per heavy atom. The molecule has 0 radical (unpaired) electrons. The third kappa shape index (κ3) is 6.12. The van der Waals surface area contributed by atoms with E-state index in [4.69, 9.17) is 0 Å². The third-order valence-electron chi connectivity index (χ3n) is 4.07. The number of carbonyl (C=O) groups excluding carboxylic acids is 1. The van der Waals surface area contributed by atoms with E-state index in [1.165, 1.54) is 0 Å². The molecular weight excluding hydrogens is 323 g/mol. The highest BCUT2D eigenvalue weighted by Crippen LogP contribution is 2.12. The van der Waals surface area contributed by atoms with Gasteiger partial charge in [-0.05, 0) is 6.42 Å². The van der Waals surface area contributed by atoms with Crippen LogP contribution in [0.2, 0.25) is 0 Å². The molecule has 0 bridgehead atoms. The second-order valence-corrected chi connectivity index (χ2v) is 6.01. The number of hydrogen-bond donors (Lipinski definition) is 1. The van der Waals surface area contributed by atoms with Gasteiger partial charge >= 0.3 is 6.18 Å². The lowest BCUT2D eigenvalue weighted by Crippen LogP contribution is -2.37. The second-order valence-electron chi connectivity index (χ2n) is 6.01. The van der Waals surface area contributed by atoms with Crippen LogP contribution in [-0.2, 0) is 18.4 Å². The number of aryl methyl sites for hydroxylation is 1. The molecule has 0 unspecified atom stereocenters. The van der Waals surface area contributed by atoms with E-state index in [9.17, 15) is 18.0 Å². The van der Waals surface area contributed by atoms with Crippen molar-refractivity contribution in [3.63, 3.8) is 0 Å². The first kappa shape index (κ1) is 18.7. The number of halogens is 3. The number of amides is 1. The Morgan fingerprint density at radius 2 is 2.08 bits per heavy atom. The molecule has 0 spiro atoms. The molecule has 1 saturated heterocycles. The van der Waals surface area contributed by atoms with Gasteiger partial charge in [-0.2, -0.15) is 13.2 Å². The van der Waals surface area contributed by atoms with Crippen LogP contribution in [0.25, 0.3) is 0 Å². The number of nitrogens with zero attached hydrogens (tertiary/aromatic N) is 4. The SMILES string of the molecule is Cn1ccnc1CN1CCCN(C(=O)CCNCC(F)(F)F)CC1. The average Bonchev–Trinajstić information content (AvgIpc) is 2.76. The van der Waals surface area contributed by atoms with Crippen molar-refractivity contribution in [2.45, 2.75) is 25.6 Å². The van der Waals surface area contributed by atoms with E-state index < -0.39 is 12.7 Å². The van der Waals surface area contributed by atoms with Gasteiger partial charge in [0.05, 0.1) is 13.1 Å². The molecule has 0 aromatic carbocycles. The molecule has 1 aliphatic rings. The Hall–Kier alpha value is -1.61. The summed E-state index contributed by atoms with van der Waals surface area (Å²) in [5, 5.41) is 2.26. The van der Waals surface area contributed by atoms with Crippen molar-refractivity contribution in [3.05, 3.63) is 18.2 Å². The quantitative estimate of drug-likeness (QED) is 0.780. The summed E-state index contributed by atoms with van der Waals surface area (Å²) < 4.78 is 38.1. The Morgan fingerprint density at radius 3 is 2.75 bits per heavy atom. The van der Waals surface area contributed by atoms with Gasteiger partial charge < -0.3 is 14.8 Å². The van der Waals surface area contributed by atoms with Gasteiger partial charge in [-0.25, -0.2) is 4.98 Å². The first-order valence-electron chi connectivity index (χ1n) is 8.09. The minimum Gasteiger partial charge on any atom is -0.341 e. The zero-order valence-corrected chi connectivity index (χ0v) is 13.8. The van der Waals surface area contributed by atoms with Crippen molar-refractivity contribution in [3.8, 4) is 0 Å². The molecule has 6 nitrogen and oxygen atoms in total. The molecule has 0 saturated carbocycles. The molecule has 9 heteroatoms. The highest BCUT2D eigenvalue weighted by molar-refractivity contribution is 5.76. The van der Waals surface area contributed by atoms with Gasteiger partial charge in [0.25, 0.3) is 0 Å². The van der Waals surface area contributed by atoms with Gasteiger partial charge in [-0.3, -0.25) is 9.69 Å². The topological polar surface area (TPSA) is 53.4 Å². The summed E-state index contributed by atoms with van der Waals surface area (Å²) in [6, 6.07) is 0. The molecule has 2 heterocycles. The van der Waals surface area contributed by atoms with Crippen LogP contribution in [0.1, 0.15) is 18.7 Å². The van der Waals surface area contributed by atoms with E-state index in [1.54, 1.807) is 11.1 Å². The van der Waals surface area contributed by atoms with Crippen LogP contribution < -0.4 is 5.32 Å². The lowest BCUT2D eigenvalue weighted by Gasteiger charge is -2.22. The molecule has 0 atom stereocenters. The molecule has 1 N–H and O–H groups in total. The standard InChI is InChI=1S/C15H24F3N5O/c1-21-8-5-20-13(21)11-22-6-2-7-23(10-9-22)14(24)3-4-19-12-15(16,17)18/h5,8,19H,2-4,6-7,9-12H2,1H3. The molecular formula is C15H24F3N5O.